The second-order valence-corrected chi connectivity index (χ2v) is 3.97. The maximum Gasteiger partial charge on any atom is 0.317 e. The van der Waals surface area contributed by atoms with Crippen LogP contribution in [-0.2, 0) is 0 Å². The number of nitrogens with zero attached hydrogens (tertiary/aromatic N) is 1. The van der Waals surface area contributed by atoms with Gasteiger partial charge in [-0.3, -0.25) is 10.3 Å². The van der Waals surface area contributed by atoms with Crippen molar-refractivity contribution < 1.29 is 4.79 Å². The molecule has 0 saturated heterocycles. The number of urea groups is 1. The molecule has 0 aliphatic heterocycles. The van der Waals surface area contributed by atoms with E-state index < -0.39 is 6.03 Å². The van der Waals surface area contributed by atoms with E-state index in [4.69, 9.17) is 5.73 Å². The van der Waals surface area contributed by atoms with Crippen molar-refractivity contribution in [2.75, 3.05) is 5.32 Å². The van der Waals surface area contributed by atoms with Crippen molar-refractivity contribution in [3.8, 4) is 10.4 Å². The molecule has 0 spiro atoms. The first-order chi connectivity index (χ1) is 7.25. The van der Waals surface area contributed by atoms with Crippen molar-refractivity contribution >= 4 is 22.4 Å². The number of primary amides is 1. The van der Waals surface area contributed by atoms with Gasteiger partial charge in [0, 0.05) is 17.3 Å². The minimum absolute atomic E-state index is 0.543. The number of pyridine rings is 1. The Labute approximate surface area is 90.8 Å². The number of hydrogen-bond acceptors (Lipinski definition) is 3. The van der Waals surface area contributed by atoms with Crippen molar-refractivity contribution in [2.24, 2.45) is 5.73 Å². The lowest BCUT2D eigenvalue weighted by atomic mass is 10.2. The van der Waals surface area contributed by atoms with Gasteiger partial charge < -0.3 is 5.73 Å². The van der Waals surface area contributed by atoms with Gasteiger partial charge >= 0.3 is 6.03 Å². The topological polar surface area (TPSA) is 68.0 Å². The summed E-state index contributed by atoms with van der Waals surface area (Å²) in [4.78, 5) is 15.6. The lowest BCUT2D eigenvalue weighted by molar-refractivity contribution is 0.259. The van der Waals surface area contributed by atoms with Gasteiger partial charge in [0.2, 0.25) is 0 Å². The third-order valence-electron chi connectivity index (χ3n) is 1.82. The lowest BCUT2D eigenvalue weighted by Crippen LogP contribution is -2.18. The zero-order valence-corrected chi connectivity index (χ0v) is 8.62. The number of nitrogens with two attached hydrogens (primary N) is 1. The van der Waals surface area contributed by atoms with E-state index in [1.54, 1.807) is 12.4 Å². The van der Waals surface area contributed by atoms with Crippen LogP contribution in [0.2, 0.25) is 0 Å². The first-order valence-electron chi connectivity index (χ1n) is 4.32. The molecule has 0 aliphatic rings. The number of anilines is 1. The van der Waals surface area contributed by atoms with Gasteiger partial charge in [0.25, 0.3) is 0 Å². The number of amides is 2. The highest BCUT2D eigenvalue weighted by atomic mass is 32.1. The second kappa shape index (κ2) is 4.10. The average Bonchev–Trinajstić information content (AvgIpc) is 2.67. The number of carbonyl (C=O) groups is 1. The van der Waals surface area contributed by atoms with E-state index in [1.807, 2.05) is 24.3 Å². The highest BCUT2D eigenvalue weighted by Gasteiger charge is 2.03. The van der Waals surface area contributed by atoms with Gasteiger partial charge in [0.05, 0.1) is 5.00 Å². The second-order valence-electron chi connectivity index (χ2n) is 2.89. The summed E-state index contributed by atoms with van der Waals surface area (Å²) in [5.74, 6) is 0. The van der Waals surface area contributed by atoms with Crippen molar-refractivity contribution in [1.82, 2.24) is 4.98 Å². The molecular formula is C10H9N3OS. The van der Waals surface area contributed by atoms with E-state index in [2.05, 4.69) is 10.3 Å². The molecule has 0 aliphatic carbocycles. The van der Waals surface area contributed by atoms with E-state index in [1.165, 1.54) is 11.3 Å². The Bertz CT molecular complexity index is 467. The van der Waals surface area contributed by atoms with Crippen molar-refractivity contribution in [3.63, 3.8) is 0 Å². The molecule has 0 fully saturated rings. The largest absolute Gasteiger partial charge is 0.351 e. The van der Waals surface area contributed by atoms with Gasteiger partial charge in [-0.25, -0.2) is 4.79 Å². The molecule has 0 radical (unpaired) electrons. The summed E-state index contributed by atoms with van der Waals surface area (Å²) in [5.41, 5.74) is 6.10. The van der Waals surface area contributed by atoms with Crippen molar-refractivity contribution in [1.29, 1.82) is 0 Å². The van der Waals surface area contributed by atoms with Gasteiger partial charge in [0.15, 0.2) is 0 Å². The van der Waals surface area contributed by atoms with Crippen LogP contribution < -0.4 is 11.1 Å². The smallest absolute Gasteiger partial charge is 0.317 e. The van der Waals surface area contributed by atoms with E-state index in [0.717, 1.165) is 15.4 Å². The Balaban J connectivity index is 2.24. The molecule has 2 rings (SSSR count). The molecule has 0 aromatic carbocycles. The third-order valence-corrected chi connectivity index (χ3v) is 2.87. The zero-order valence-electron chi connectivity index (χ0n) is 7.81. The SMILES string of the molecule is NC(=O)Nc1ccc(-c2ccncc2)s1. The number of rotatable bonds is 2. The van der Waals surface area contributed by atoms with E-state index in [-0.39, 0.29) is 0 Å². The molecule has 4 nitrogen and oxygen atoms in total. The quantitative estimate of drug-likeness (QED) is 0.813. The predicted molar refractivity (Wildman–Crippen MR) is 60.8 cm³/mol. The zero-order chi connectivity index (χ0) is 10.7. The Hall–Kier alpha value is -1.88. The van der Waals surface area contributed by atoms with Crippen LogP contribution >= 0.6 is 11.3 Å². The van der Waals surface area contributed by atoms with Gasteiger partial charge in [0.1, 0.15) is 0 Å². The molecule has 5 heteroatoms. The fourth-order valence-corrected chi connectivity index (χ4v) is 2.11. The monoisotopic (exact) mass is 219 g/mol. The van der Waals surface area contributed by atoms with E-state index in [9.17, 15) is 4.79 Å². The third kappa shape index (κ3) is 2.32. The minimum atomic E-state index is -0.543. The first-order valence-corrected chi connectivity index (χ1v) is 5.14. The summed E-state index contributed by atoms with van der Waals surface area (Å²) < 4.78 is 0. The van der Waals surface area contributed by atoms with Gasteiger partial charge in [-0.15, -0.1) is 11.3 Å². The van der Waals surface area contributed by atoms with Crippen LogP contribution in [0.15, 0.2) is 36.7 Å². The first kappa shape index (κ1) is 9.67. The molecule has 2 aromatic heterocycles. The van der Waals surface area contributed by atoms with Crippen LogP contribution in [0.3, 0.4) is 0 Å². The van der Waals surface area contributed by atoms with E-state index in [0.29, 0.717) is 0 Å². The van der Waals surface area contributed by atoms with Crippen LogP contribution in [-0.4, -0.2) is 11.0 Å². The van der Waals surface area contributed by atoms with Gasteiger partial charge in [-0.05, 0) is 29.8 Å². The maximum atomic E-state index is 10.6. The van der Waals surface area contributed by atoms with E-state index >= 15 is 0 Å². The van der Waals surface area contributed by atoms with Gasteiger partial charge in [-0.2, -0.15) is 0 Å². The fraction of sp³-hybridized carbons (Fsp3) is 0. The molecule has 15 heavy (non-hydrogen) atoms. The summed E-state index contributed by atoms with van der Waals surface area (Å²) in [6, 6.07) is 7.05. The Morgan fingerprint density at radius 1 is 1.27 bits per heavy atom. The van der Waals surface area contributed by atoms with Crippen LogP contribution in [0.25, 0.3) is 10.4 Å². The Kier molecular flexibility index (Phi) is 2.64. The molecule has 0 bridgehead atoms. The highest BCUT2D eigenvalue weighted by Crippen LogP contribution is 2.30. The molecule has 0 saturated carbocycles. The van der Waals surface area contributed by atoms with Crippen LogP contribution in [0.1, 0.15) is 0 Å². The number of thiophene rings is 1. The standard InChI is InChI=1S/C10H9N3OS/c11-10(14)13-9-2-1-8(15-9)7-3-5-12-6-4-7/h1-6H,(H3,11,13,14). The number of aromatic nitrogens is 1. The lowest BCUT2D eigenvalue weighted by Gasteiger charge is -1.96. The average molecular weight is 219 g/mol. The van der Waals surface area contributed by atoms with Crippen molar-refractivity contribution in [2.45, 2.75) is 0 Å². The Morgan fingerprint density at radius 3 is 2.67 bits per heavy atom. The Morgan fingerprint density at radius 2 is 2.00 bits per heavy atom. The molecular weight excluding hydrogens is 210 g/mol. The maximum absolute atomic E-state index is 10.6. The van der Waals surface area contributed by atoms with Gasteiger partial charge in [-0.1, -0.05) is 0 Å². The number of nitrogens with one attached hydrogen (secondary N) is 1. The normalized spacial score (nSPS) is 9.87. The minimum Gasteiger partial charge on any atom is -0.351 e. The summed E-state index contributed by atoms with van der Waals surface area (Å²) in [7, 11) is 0. The molecule has 2 heterocycles. The number of carbonyl (C=O) groups excluding carboxylic acids is 1. The van der Waals surface area contributed by atoms with Crippen molar-refractivity contribution in [3.05, 3.63) is 36.7 Å². The molecule has 3 N–H and O–H groups in total. The molecule has 2 amide bonds. The van der Waals surface area contributed by atoms with Crippen LogP contribution in [0.4, 0.5) is 9.80 Å². The summed E-state index contributed by atoms with van der Waals surface area (Å²) in [6.07, 6.45) is 3.46. The number of hydrogen-bond donors (Lipinski definition) is 2. The summed E-state index contributed by atoms with van der Waals surface area (Å²) >= 11 is 1.47. The van der Waals surface area contributed by atoms with Crippen LogP contribution in [0.5, 0.6) is 0 Å². The molecule has 76 valence electrons. The highest BCUT2D eigenvalue weighted by molar-refractivity contribution is 7.19. The fourth-order valence-electron chi connectivity index (χ4n) is 1.20. The molecule has 0 unspecified atom stereocenters. The predicted octanol–water partition coefficient (Wildman–Crippen LogP) is 2.30. The summed E-state index contributed by atoms with van der Waals surface area (Å²) in [6.45, 7) is 0. The summed E-state index contributed by atoms with van der Waals surface area (Å²) in [5, 5.41) is 3.28. The molecule has 0 atom stereocenters. The molecule has 2 aromatic rings. The van der Waals surface area contributed by atoms with Crippen LogP contribution in [0, 0.1) is 0 Å².